The Labute approximate surface area is 110 Å². The van der Waals surface area contributed by atoms with Gasteiger partial charge in [0, 0.05) is 0 Å². The lowest BCUT2D eigenvalue weighted by molar-refractivity contribution is -0.891. The number of quaternary nitrogens is 1. The summed E-state index contributed by atoms with van der Waals surface area (Å²) in [4.78, 5) is 13.4. The molecule has 0 radical (unpaired) electrons. The number of nitriles is 1. The molecule has 1 fully saturated rings. The van der Waals surface area contributed by atoms with E-state index in [-0.39, 0.29) is 11.8 Å². The second-order valence-corrected chi connectivity index (χ2v) is 5.86. The molecule has 0 saturated carbocycles. The molecule has 4 heteroatoms. The molecule has 1 aliphatic rings. The van der Waals surface area contributed by atoms with E-state index in [1.54, 1.807) is 6.92 Å². The molecule has 1 amide bonds. The van der Waals surface area contributed by atoms with Crippen molar-refractivity contribution in [1.29, 1.82) is 5.26 Å². The number of nitrogens with one attached hydrogen (secondary N) is 2. The maximum Gasteiger partial charge on any atom is 0.276 e. The minimum absolute atomic E-state index is 0.00431. The second-order valence-electron chi connectivity index (χ2n) is 5.86. The first kappa shape index (κ1) is 15.0. The SMILES string of the molecule is CC(C)[C@](C)(C#N)NC(=O)C[NH+]1CCCCCC1. The molecule has 1 heterocycles. The van der Waals surface area contributed by atoms with Crippen LogP contribution in [-0.4, -0.2) is 31.1 Å². The molecular formula is C14H26N3O+. The van der Waals surface area contributed by atoms with Gasteiger partial charge in [0.1, 0.15) is 5.54 Å². The van der Waals surface area contributed by atoms with E-state index in [9.17, 15) is 10.1 Å². The van der Waals surface area contributed by atoms with Gasteiger partial charge in [-0.3, -0.25) is 4.79 Å². The average molecular weight is 252 g/mol. The van der Waals surface area contributed by atoms with Crippen LogP contribution in [0.5, 0.6) is 0 Å². The molecule has 0 spiro atoms. The van der Waals surface area contributed by atoms with E-state index < -0.39 is 5.54 Å². The Hall–Kier alpha value is -1.08. The van der Waals surface area contributed by atoms with E-state index in [0.29, 0.717) is 6.54 Å². The minimum atomic E-state index is -0.748. The summed E-state index contributed by atoms with van der Waals surface area (Å²) in [5, 5.41) is 12.1. The van der Waals surface area contributed by atoms with E-state index in [4.69, 9.17) is 0 Å². The van der Waals surface area contributed by atoms with Crippen LogP contribution in [0, 0.1) is 17.2 Å². The third-order valence-electron chi connectivity index (χ3n) is 4.01. The summed E-state index contributed by atoms with van der Waals surface area (Å²) < 4.78 is 0. The summed E-state index contributed by atoms with van der Waals surface area (Å²) in [6.45, 7) is 8.39. The summed E-state index contributed by atoms with van der Waals surface area (Å²) in [5.74, 6) is 0.121. The first-order valence-corrected chi connectivity index (χ1v) is 7.04. The fraction of sp³-hybridized carbons (Fsp3) is 0.857. The zero-order chi connectivity index (χ0) is 13.6. The van der Waals surface area contributed by atoms with Gasteiger partial charge >= 0.3 is 0 Å². The van der Waals surface area contributed by atoms with Crippen LogP contribution in [0.15, 0.2) is 0 Å². The normalized spacial score (nSPS) is 20.8. The fourth-order valence-electron chi connectivity index (χ4n) is 2.27. The van der Waals surface area contributed by atoms with Crippen LogP contribution < -0.4 is 10.2 Å². The number of nitrogens with zero attached hydrogens (tertiary/aromatic N) is 1. The van der Waals surface area contributed by atoms with E-state index in [2.05, 4.69) is 11.4 Å². The summed E-state index contributed by atoms with van der Waals surface area (Å²) in [6.07, 6.45) is 4.99. The highest BCUT2D eigenvalue weighted by atomic mass is 16.2. The molecule has 102 valence electrons. The number of carbonyl (C=O) groups is 1. The van der Waals surface area contributed by atoms with Crippen molar-refractivity contribution in [2.75, 3.05) is 19.6 Å². The molecule has 4 nitrogen and oxygen atoms in total. The fourth-order valence-corrected chi connectivity index (χ4v) is 2.27. The first-order valence-electron chi connectivity index (χ1n) is 7.04. The van der Waals surface area contributed by atoms with Crippen LogP contribution >= 0.6 is 0 Å². The number of hydrogen-bond donors (Lipinski definition) is 2. The highest BCUT2D eigenvalue weighted by Gasteiger charge is 2.31. The van der Waals surface area contributed by atoms with Crippen molar-refractivity contribution in [2.45, 2.75) is 52.0 Å². The van der Waals surface area contributed by atoms with Gasteiger partial charge in [0.05, 0.1) is 19.2 Å². The highest BCUT2D eigenvalue weighted by Crippen LogP contribution is 2.14. The highest BCUT2D eigenvalue weighted by molar-refractivity contribution is 5.78. The van der Waals surface area contributed by atoms with Crippen LogP contribution in [0.2, 0.25) is 0 Å². The van der Waals surface area contributed by atoms with Gasteiger partial charge in [-0.25, -0.2) is 0 Å². The second kappa shape index (κ2) is 6.75. The third-order valence-corrected chi connectivity index (χ3v) is 4.01. The lowest BCUT2D eigenvalue weighted by atomic mass is 9.90. The Balaban J connectivity index is 2.47. The van der Waals surface area contributed by atoms with Crippen molar-refractivity contribution < 1.29 is 9.69 Å². The molecule has 2 N–H and O–H groups in total. The van der Waals surface area contributed by atoms with Gasteiger partial charge in [-0.15, -0.1) is 0 Å². The average Bonchev–Trinajstić information content (AvgIpc) is 2.57. The molecule has 0 aromatic heterocycles. The molecule has 0 unspecified atom stereocenters. The van der Waals surface area contributed by atoms with Crippen molar-refractivity contribution in [2.24, 2.45) is 5.92 Å². The molecule has 0 aromatic carbocycles. The molecule has 1 rings (SSSR count). The monoisotopic (exact) mass is 252 g/mol. The molecular weight excluding hydrogens is 226 g/mol. The molecule has 0 aromatic rings. The van der Waals surface area contributed by atoms with Crippen LogP contribution in [0.3, 0.4) is 0 Å². The Bertz CT molecular complexity index is 313. The van der Waals surface area contributed by atoms with Gasteiger partial charge in [0.15, 0.2) is 6.54 Å². The van der Waals surface area contributed by atoms with Crippen molar-refractivity contribution in [3.63, 3.8) is 0 Å². The topological polar surface area (TPSA) is 57.3 Å². The molecule has 1 aliphatic heterocycles. The van der Waals surface area contributed by atoms with Crippen LogP contribution in [0.4, 0.5) is 0 Å². The number of hydrogen-bond acceptors (Lipinski definition) is 2. The maximum atomic E-state index is 12.0. The Morgan fingerprint density at radius 3 is 2.33 bits per heavy atom. The first-order chi connectivity index (χ1) is 8.48. The molecule has 1 atom stereocenters. The number of likely N-dealkylation sites (tertiary alicyclic amines) is 1. The number of rotatable bonds is 4. The van der Waals surface area contributed by atoms with Crippen molar-refractivity contribution in [3.05, 3.63) is 0 Å². The molecule has 0 bridgehead atoms. The number of carbonyl (C=O) groups excluding carboxylic acids is 1. The van der Waals surface area contributed by atoms with E-state index in [1.807, 2.05) is 13.8 Å². The summed E-state index contributed by atoms with van der Waals surface area (Å²) >= 11 is 0. The zero-order valence-electron chi connectivity index (χ0n) is 11.9. The largest absolute Gasteiger partial charge is 0.333 e. The van der Waals surface area contributed by atoms with Gasteiger partial charge in [-0.05, 0) is 38.5 Å². The maximum absolute atomic E-state index is 12.0. The third kappa shape index (κ3) is 4.30. The smallest absolute Gasteiger partial charge is 0.276 e. The van der Waals surface area contributed by atoms with Crippen molar-refractivity contribution in [1.82, 2.24) is 5.32 Å². The summed E-state index contributed by atoms with van der Waals surface area (Å²) in [5.41, 5.74) is -0.748. The van der Waals surface area contributed by atoms with Crippen molar-refractivity contribution >= 4 is 5.91 Å². The molecule has 1 saturated heterocycles. The standard InChI is InChI=1S/C14H25N3O/c1-12(2)14(3,11-15)16-13(18)10-17-8-6-4-5-7-9-17/h12H,4-10H2,1-3H3,(H,16,18)/p+1/t14-/m0/s1. The van der Waals surface area contributed by atoms with Crippen LogP contribution in [0.1, 0.15) is 46.5 Å². The van der Waals surface area contributed by atoms with E-state index in [0.717, 1.165) is 13.1 Å². The zero-order valence-corrected chi connectivity index (χ0v) is 11.9. The predicted molar refractivity (Wildman–Crippen MR) is 71.0 cm³/mol. The number of amides is 1. The van der Waals surface area contributed by atoms with Crippen LogP contribution in [-0.2, 0) is 4.79 Å². The van der Waals surface area contributed by atoms with Gasteiger partial charge in [-0.1, -0.05) is 13.8 Å². The Morgan fingerprint density at radius 1 is 1.33 bits per heavy atom. The predicted octanol–water partition coefficient (Wildman–Crippen LogP) is 0.500. The lowest BCUT2D eigenvalue weighted by Gasteiger charge is -2.28. The minimum Gasteiger partial charge on any atom is -0.333 e. The Morgan fingerprint density at radius 2 is 1.89 bits per heavy atom. The van der Waals surface area contributed by atoms with Gasteiger partial charge in [0.2, 0.25) is 0 Å². The van der Waals surface area contributed by atoms with Gasteiger partial charge < -0.3 is 10.2 Å². The van der Waals surface area contributed by atoms with E-state index in [1.165, 1.54) is 30.6 Å². The molecule has 18 heavy (non-hydrogen) atoms. The van der Waals surface area contributed by atoms with E-state index >= 15 is 0 Å². The summed E-state index contributed by atoms with van der Waals surface area (Å²) in [6, 6.07) is 2.22. The molecule has 0 aliphatic carbocycles. The quantitative estimate of drug-likeness (QED) is 0.765. The van der Waals surface area contributed by atoms with Gasteiger partial charge in [0.25, 0.3) is 5.91 Å². The van der Waals surface area contributed by atoms with Crippen LogP contribution in [0.25, 0.3) is 0 Å². The summed E-state index contributed by atoms with van der Waals surface area (Å²) in [7, 11) is 0. The van der Waals surface area contributed by atoms with Crippen molar-refractivity contribution in [3.8, 4) is 6.07 Å². The lowest BCUT2D eigenvalue weighted by Crippen LogP contribution is -3.13. The Kier molecular flexibility index (Phi) is 5.61. The van der Waals surface area contributed by atoms with Gasteiger partial charge in [-0.2, -0.15) is 5.26 Å².